The Hall–Kier alpha value is -1.04. The van der Waals surface area contributed by atoms with E-state index in [4.69, 9.17) is 0 Å². The van der Waals surface area contributed by atoms with Crippen LogP contribution >= 0.6 is 24.8 Å². The maximum absolute atomic E-state index is 13.4. The summed E-state index contributed by atoms with van der Waals surface area (Å²) in [6, 6.07) is 6.91. The van der Waals surface area contributed by atoms with Gasteiger partial charge in [0.15, 0.2) is 0 Å². The van der Waals surface area contributed by atoms with Gasteiger partial charge in [-0.05, 0) is 68.8 Å². The number of hydrogen-bond acceptors (Lipinski definition) is 3. The fourth-order valence-electron chi connectivity index (χ4n) is 4.50. The van der Waals surface area contributed by atoms with Crippen LogP contribution in [0.4, 0.5) is 10.1 Å². The Balaban J connectivity index is 0.00000121. The van der Waals surface area contributed by atoms with Gasteiger partial charge in [0, 0.05) is 30.7 Å². The first-order chi connectivity index (χ1) is 11.7. The second kappa shape index (κ2) is 8.77. The summed E-state index contributed by atoms with van der Waals surface area (Å²) in [6.07, 6.45) is 5.36. The number of rotatable bonds is 3. The third kappa shape index (κ3) is 4.44. The van der Waals surface area contributed by atoms with E-state index in [9.17, 15) is 9.18 Å². The van der Waals surface area contributed by atoms with Gasteiger partial charge in [0.2, 0.25) is 5.91 Å². The second-order valence-electron chi connectivity index (χ2n) is 7.64. The lowest BCUT2D eigenvalue weighted by molar-refractivity contribution is -0.124. The van der Waals surface area contributed by atoms with Gasteiger partial charge in [-0.1, -0.05) is 6.07 Å². The van der Waals surface area contributed by atoms with Crippen LogP contribution in [0.2, 0.25) is 0 Å². The molecule has 4 rings (SSSR count). The minimum Gasteiger partial charge on any atom is -0.369 e. The summed E-state index contributed by atoms with van der Waals surface area (Å²) in [5.74, 6) is 0.247. The molecule has 2 saturated heterocycles. The van der Waals surface area contributed by atoms with Crippen molar-refractivity contribution in [3.8, 4) is 0 Å². The van der Waals surface area contributed by atoms with Crippen LogP contribution < -0.4 is 15.5 Å². The van der Waals surface area contributed by atoms with Crippen molar-refractivity contribution < 1.29 is 9.18 Å². The highest BCUT2D eigenvalue weighted by Crippen LogP contribution is 2.58. The average Bonchev–Trinajstić information content (AvgIpc) is 3.29. The predicted molar refractivity (Wildman–Crippen MR) is 107 cm³/mol. The third-order valence-corrected chi connectivity index (χ3v) is 6.05. The molecule has 1 amide bonds. The van der Waals surface area contributed by atoms with E-state index in [-0.39, 0.29) is 53.9 Å². The number of carbonyl (C=O) groups excluding carboxylic acids is 1. The Morgan fingerprint density at radius 1 is 1.27 bits per heavy atom. The number of amides is 1. The molecule has 3 aliphatic rings. The number of piperidine rings is 2. The van der Waals surface area contributed by atoms with E-state index in [1.807, 2.05) is 6.07 Å². The lowest BCUT2D eigenvalue weighted by atomic mass is 9.91. The fourth-order valence-corrected chi connectivity index (χ4v) is 4.50. The molecule has 7 heteroatoms. The first-order valence-corrected chi connectivity index (χ1v) is 9.18. The summed E-state index contributed by atoms with van der Waals surface area (Å²) in [7, 11) is 0. The number of halogens is 3. The Kier molecular flexibility index (Phi) is 7.17. The van der Waals surface area contributed by atoms with Crippen molar-refractivity contribution in [1.82, 2.24) is 10.6 Å². The molecule has 2 unspecified atom stereocenters. The lowest BCUT2D eigenvalue weighted by Crippen LogP contribution is -2.48. The van der Waals surface area contributed by atoms with Gasteiger partial charge in [-0.15, -0.1) is 24.8 Å². The van der Waals surface area contributed by atoms with Gasteiger partial charge in [-0.3, -0.25) is 4.79 Å². The first kappa shape index (κ1) is 21.3. The van der Waals surface area contributed by atoms with Gasteiger partial charge >= 0.3 is 0 Å². The summed E-state index contributed by atoms with van der Waals surface area (Å²) in [4.78, 5) is 14.8. The molecule has 2 atom stereocenters. The maximum atomic E-state index is 13.4. The fraction of sp³-hybridized carbons (Fsp3) is 0.632. The molecule has 2 heterocycles. The molecular weight excluding hydrogens is 376 g/mol. The van der Waals surface area contributed by atoms with Gasteiger partial charge in [-0.2, -0.15) is 0 Å². The molecule has 2 N–H and O–H groups in total. The van der Waals surface area contributed by atoms with Crippen molar-refractivity contribution in [3.05, 3.63) is 30.1 Å². The van der Waals surface area contributed by atoms with Crippen LogP contribution in [0.25, 0.3) is 0 Å². The van der Waals surface area contributed by atoms with E-state index in [0.29, 0.717) is 0 Å². The van der Waals surface area contributed by atoms with Crippen LogP contribution in [0.1, 0.15) is 32.1 Å². The molecule has 26 heavy (non-hydrogen) atoms. The summed E-state index contributed by atoms with van der Waals surface area (Å²) in [5, 5.41) is 6.65. The number of benzene rings is 1. The predicted octanol–water partition coefficient (Wildman–Crippen LogP) is 3.14. The monoisotopic (exact) mass is 403 g/mol. The quantitative estimate of drug-likeness (QED) is 0.814. The highest BCUT2D eigenvalue weighted by atomic mass is 35.5. The van der Waals surface area contributed by atoms with Crippen LogP contribution in [0.3, 0.4) is 0 Å². The molecule has 4 nitrogen and oxygen atoms in total. The van der Waals surface area contributed by atoms with Crippen LogP contribution in [-0.2, 0) is 4.79 Å². The van der Waals surface area contributed by atoms with Gasteiger partial charge < -0.3 is 15.5 Å². The van der Waals surface area contributed by atoms with Crippen molar-refractivity contribution in [2.45, 2.75) is 38.1 Å². The van der Waals surface area contributed by atoms with Crippen molar-refractivity contribution in [2.24, 2.45) is 11.3 Å². The maximum Gasteiger partial charge on any atom is 0.223 e. The second-order valence-corrected chi connectivity index (χ2v) is 7.64. The zero-order valence-electron chi connectivity index (χ0n) is 14.9. The van der Waals surface area contributed by atoms with Crippen molar-refractivity contribution >= 4 is 36.4 Å². The van der Waals surface area contributed by atoms with E-state index in [1.165, 1.54) is 6.07 Å². The van der Waals surface area contributed by atoms with Crippen LogP contribution in [0.15, 0.2) is 24.3 Å². The summed E-state index contributed by atoms with van der Waals surface area (Å²) >= 11 is 0. The molecule has 2 aliphatic heterocycles. The minimum atomic E-state index is -0.204. The first-order valence-electron chi connectivity index (χ1n) is 9.18. The highest BCUT2D eigenvalue weighted by molar-refractivity contribution is 5.85. The topological polar surface area (TPSA) is 44.4 Å². The van der Waals surface area contributed by atoms with E-state index >= 15 is 0 Å². The van der Waals surface area contributed by atoms with E-state index < -0.39 is 0 Å². The number of anilines is 1. The molecule has 3 fully saturated rings. The molecule has 146 valence electrons. The Labute approximate surface area is 167 Å². The van der Waals surface area contributed by atoms with Crippen molar-refractivity contribution in [1.29, 1.82) is 0 Å². The van der Waals surface area contributed by atoms with Gasteiger partial charge in [0.1, 0.15) is 5.82 Å². The van der Waals surface area contributed by atoms with Gasteiger partial charge in [0.05, 0.1) is 0 Å². The number of nitrogens with one attached hydrogen (secondary N) is 2. The zero-order valence-corrected chi connectivity index (χ0v) is 16.5. The Morgan fingerprint density at radius 3 is 2.77 bits per heavy atom. The SMILES string of the molecule is Cl.Cl.O=C(NC1CCCN(c2cccc(F)c2)C1)C1CC12CCNCC2. The largest absolute Gasteiger partial charge is 0.369 e. The minimum absolute atomic E-state index is 0. The number of nitrogens with zero attached hydrogens (tertiary/aromatic N) is 1. The number of hydrogen-bond donors (Lipinski definition) is 2. The molecule has 1 aromatic rings. The Bertz CT molecular complexity index is 625. The molecule has 1 aromatic carbocycles. The van der Waals surface area contributed by atoms with Gasteiger partial charge in [-0.25, -0.2) is 4.39 Å². The molecule has 0 bridgehead atoms. The van der Waals surface area contributed by atoms with Crippen molar-refractivity contribution in [2.75, 3.05) is 31.1 Å². The molecule has 1 spiro atoms. The highest BCUT2D eigenvalue weighted by Gasteiger charge is 2.57. The zero-order chi connectivity index (χ0) is 16.6. The lowest BCUT2D eigenvalue weighted by Gasteiger charge is -2.35. The normalized spacial score (nSPS) is 26.4. The molecule has 1 saturated carbocycles. The van der Waals surface area contributed by atoms with Crippen molar-refractivity contribution in [3.63, 3.8) is 0 Å². The summed E-state index contributed by atoms with van der Waals surface area (Å²) in [6.45, 7) is 3.78. The molecular formula is C19H28Cl2FN3O. The van der Waals surface area contributed by atoms with Crippen LogP contribution in [0.5, 0.6) is 0 Å². The molecule has 0 aromatic heterocycles. The smallest absolute Gasteiger partial charge is 0.223 e. The Morgan fingerprint density at radius 2 is 2.04 bits per heavy atom. The van der Waals surface area contributed by atoms with Crippen LogP contribution in [0, 0.1) is 17.2 Å². The molecule has 0 radical (unpaired) electrons. The van der Waals surface area contributed by atoms with Gasteiger partial charge in [0.25, 0.3) is 0 Å². The molecule has 1 aliphatic carbocycles. The van der Waals surface area contributed by atoms with E-state index in [2.05, 4.69) is 15.5 Å². The standard InChI is InChI=1S/C19H26FN3O.2ClH/c20-14-3-1-5-16(11-14)23-10-2-4-15(13-23)22-18(24)17-12-19(17)6-8-21-9-7-19;;/h1,3,5,11,15,17,21H,2,4,6-10,12-13H2,(H,22,24);2*1H. The summed E-state index contributed by atoms with van der Waals surface area (Å²) in [5.41, 5.74) is 1.20. The van der Waals surface area contributed by atoms with E-state index in [1.54, 1.807) is 12.1 Å². The van der Waals surface area contributed by atoms with Crippen LogP contribution in [-0.4, -0.2) is 38.1 Å². The third-order valence-electron chi connectivity index (χ3n) is 6.05. The summed E-state index contributed by atoms with van der Waals surface area (Å²) < 4.78 is 13.4. The van der Waals surface area contributed by atoms with E-state index in [0.717, 1.165) is 64.0 Å². The average molecular weight is 404 g/mol. The number of carbonyl (C=O) groups is 1.